The van der Waals surface area contributed by atoms with Crippen LogP contribution in [0.4, 0.5) is 0 Å². The summed E-state index contributed by atoms with van der Waals surface area (Å²) in [5.74, 6) is -1.83. The molecule has 0 spiro atoms. The molecule has 0 aliphatic rings. The number of amides is 2. The van der Waals surface area contributed by atoms with Gasteiger partial charge in [0.15, 0.2) is 0 Å². The number of carbonyl (C=O) groups excluding carboxylic acids is 2. The van der Waals surface area contributed by atoms with Crippen molar-refractivity contribution >= 4 is 23.4 Å². The van der Waals surface area contributed by atoms with Crippen molar-refractivity contribution in [3.63, 3.8) is 0 Å². The van der Waals surface area contributed by atoms with Crippen LogP contribution in [0.15, 0.2) is 22.4 Å². The fraction of sp³-hybridized carbons (Fsp3) is 0. The van der Waals surface area contributed by atoms with Crippen LogP contribution in [0.2, 0.25) is 5.02 Å². The first kappa shape index (κ1) is 12.5. The average Bonchev–Trinajstić information content (AvgIpc) is 2.29. The highest BCUT2D eigenvalue weighted by atomic mass is 35.5. The Balaban J connectivity index is 3.28. The molecule has 0 saturated heterocycles. The van der Waals surface area contributed by atoms with Gasteiger partial charge in [0, 0.05) is 5.02 Å². The number of pyridine rings is 1. The minimum absolute atomic E-state index is 0.0621. The molecule has 0 radical (unpaired) electrons. The number of nitrogens with zero attached hydrogens (tertiary/aromatic N) is 5. The van der Waals surface area contributed by atoms with E-state index >= 15 is 0 Å². The fourth-order valence-electron chi connectivity index (χ4n) is 0.910. The molecule has 0 aromatic carbocycles. The Hall–Kier alpha value is -2.60. The molecule has 0 bridgehead atoms. The van der Waals surface area contributed by atoms with E-state index in [9.17, 15) is 9.59 Å². The first-order valence-electron chi connectivity index (χ1n) is 3.99. The molecular formula is C7H4ClN7O2+2. The number of nitrogens with one attached hydrogen (secondary N) is 2. The van der Waals surface area contributed by atoms with Gasteiger partial charge in [0.25, 0.3) is 0 Å². The lowest BCUT2D eigenvalue weighted by molar-refractivity contribution is 0.0983. The van der Waals surface area contributed by atoms with E-state index in [2.05, 4.69) is 25.0 Å². The van der Waals surface area contributed by atoms with Crippen molar-refractivity contribution in [2.75, 3.05) is 0 Å². The van der Waals surface area contributed by atoms with E-state index in [-0.39, 0.29) is 16.4 Å². The topological polar surface area (TPSA) is 148 Å². The molecule has 0 unspecified atom stereocenters. The highest BCUT2D eigenvalue weighted by Gasteiger charge is 2.18. The van der Waals surface area contributed by atoms with Gasteiger partial charge in [-0.2, -0.15) is 0 Å². The summed E-state index contributed by atoms with van der Waals surface area (Å²) < 4.78 is 0. The number of aromatic nitrogens is 1. The minimum Gasteiger partial charge on any atom is -0.257 e. The summed E-state index contributed by atoms with van der Waals surface area (Å²) >= 11 is 5.66. The van der Waals surface area contributed by atoms with Gasteiger partial charge in [-0.25, -0.2) is 4.98 Å². The van der Waals surface area contributed by atoms with Crippen molar-refractivity contribution in [3.05, 3.63) is 28.5 Å². The third-order valence-corrected chi connectivity index (χ3v) is 1.73. The summed E-state index contributed by atoms with van der Waals surface area (Å²) in [5, 5.41) is 5.89. The fourth-order valence-corrected chi connectivity index (χ4v) is 1.12. The van der Waals surface area contributed by atoms with Gasteiger partial charge in [-0.15, -0.1) is 0 Å². The molecule has 10 heteroatoms. The second-order valence-electron chi connectivity index (χ2n) is 2.57. The Morgan fingerprint density at radius 3 is 1.88 bits per heavy atom. The number of halogens is 1. The predicted octanol–water partition coefficient (Wildman–Crippen LogP) is 1.12. The molecule has 1 heterocycles. The molecule has 2 amide bonds. The summed E-state index contributed by atoms with van der Waals surface area (Å²) in [6.45, 7) is 0. The maximum atomic E-state index is 11.2. The zero-order valence-electron chi connectivity index (χ0n) is 8.09. The third kappa shape index (κ3) is 3.18. The van der Waals surface area contributed by atoms with Gasteiger partial charge in [0.1, 0.15) is 22.5 Å². The van der Waals surface area contributed by atoms with Crippen molar-refractivity contribution in [2.24, 2.45) is 10.2 Å². The van der Waals surface area contributed by atoms with E-state index in [1.807, 2.05) is 0 Å². The lowest BCUT2D eigenvalue weighted by Gasteiger charge is -1.95. The van der Waals surface area contributed by atoms with Crippen LogP contribution in [0.5, 0.6) is 0 Å². The summed E-state index contributed by atoms with van der Waals surface area (Å²) in [4.78, 5) is 31.1. The molecule has 0 aliphatic heterocycles. The highest BCUT2D eigenvalue weighted by molar-refractivity contribution is 6.31. The van der Waals surface area contributed by atoms with Gasteiger partial charge in [-0.1, -0.05) is 11.6 Å². The Kier molecular flexibility index (Phi) is 4.02. The molecule has 0 aliphatic carbocycles. The maximum Gasteiger partial charge on any atom is 0.378 e. The third-order valence-electron chi connectivity index (χ3n) is 1.51. The molecule has 0 saturated carbocycles. The maximum absolute atomic E-state index is 11.2. The van der Waals surface area contributed by atoms with E-state index in [1.54, 1.807) is 0 Å². The summed E-state index contributed by atoms with van der Waals surface area (Å²) in [6, 6.07) is 2.32. The molecule has 0 fully saturated rings. The molecule has 2 N–H and O–H groups in total. The average molecular weight is 254 g/mol. The standard InChI is InChI=1S/C7H4ClN7O2/c8-3-1-4(6(16)12-14-9)11-5(2-3)7(17)13-15-10/h1-2,9-10H/q+2. The van der Waals surface area contributed by atoms with Crippen LogP contribution in [0, 0.1) is 11.1 Å². The summed E-state index contributed by atoms with van der Waals surface area (Å²) in [6.07, 6.45) is 0. The lowest BCUT2D eigenvalue weighted by atomic mass is 10.3. The largest absolute Gasteiger partial charge is 0.378 e. The first-order chi connectivity index (χ1) is 8.08. The Morgan fingerprint density at radius 1 is 1.12 bits per heavy atom. The zero-order valence-corrected chi connectivity index (χ0v) is 8.84. The van der Waals surface area contributed by atoms with Crippen LogP contribution < -0.4 is 9.82 Å². The molecule has 0 atom stereocenters. The number of hydrogen-bond donors (Lipinski definition) is 2. The second kappa shape index (κ2) is 5.47. The van der Waals surface area contributed by atoms with Crippen molar-refractivity contribution in [1.82, 2.24) is 14.8 Å². The lowest BCUT2D eigenvalue weighted by Crippen LogP contribution is -2.06. The Morgan fingerprint density at radius 2 is 1.53 bits per heavy atom. The number of hydrogen-bond acceptors (Lipinski definition) is 5. The van der Waals surface area contributed by atoms with Gasteiger partial charge >= 0.3 is 11.8 Å². The van der Waals surface area contributed by atoms with Gasteiger partial charge in [-0.05, 0) is 12.1 Å². The van der Waals surface area contributed by atoms with E-state index < -0.39 is 11.8 Å². The van der Waals surface area contributed by atoms with Gasteiger partial charge in [0.2, 0.25) is 20.1 Å². The number of carbonyl (C=O) groups is 2. The van der Waals surface area contributed by atoms with Gasteiger partial charge in [0.05, 0.1) is 0 Å². The zero-order chi connectivity index (χ0) is 12.8. The quantitative estimate of drug-likeness (QED) is 0.600. The van der Waals surface area contributed by atoms with Crippen molar-refractivity contribution < 1.29 is 9.59 Å². The van der Waals surface area contributed by atoms with E-state index in [4.69, 9.17) is 22.7 Å². The first-order valence-corrected chi connectivity index (χ1v) is 4.37. The van der Waals surface area contributed by atoms with Crippen molar-refractivity contribution in [2.45, 2.75) is 0 Å². The monoisotopic (exact) mass is 253 g/mol. The molecule has 1 rings (SSSR count). The van der Waals surface area contributed by atoms with Crippen LogP contribution in [-0.4, -0.2) is 16.8 Å². The highest BCUT2D eigenvalue weighted by Crippen LogP contribution is 2.13. The molecule has 1 aromatic heterocycles. The number of rotatable bonds is 2. The summed E-state index contributed by atoms with van der Waals surface area (Å²) in [5.41, 5.74) is 12.3. The SMILES string of the molecule is N=[N+]=NC(=O)c1cc(Cl)cc(C(=O)N=[N+]=N)n1. The van der Waals surface area contributed by atoms with Crippen LogP contribution in [0.25, 0.3) is 0 Å². The molecular weight excluding hydrogens is 250 g/mol. The van der Waals surface area contributed by atoms with E-state index in [0.717, 1.165) is 12.1 Å². The smallest absolute Gasteiger partial charge is 0.257 e. The van der Waals surface area contributed by atoms with Crippen molar-refractivity contribution in [1.29, 1.82) is 11.1 Å². The Labute approximate surface area is 98.3 Å². The van der Waals surface area contributed by atoms with Gasteiger partial charge < -0.3 is 0 Å². The van der Waals surface area contributed by atoms with Crippen LogP contribution in [-0.2, 0) is 0 Å². The Bertz CT molecular complexity index is 538. The normalized spacial score (nSPS) is 8.76. The van der Waals surface area contributed by atoms with Crippen molar-refractivity contribution in [3.8, 4) is 0 Å². The molecule has 1 aromatic rings. The second-order valence-corrected chi connectivity index (χ2v) is 3.00. The van der Waals surface area contributed by atoms with Crippen LogP contribution >= 0.6 is 11.6 Å². The van der Waals surface area contributed by atoms with Gasteiger partial charge in [-0.3, -0.25) is 9.59 Å². The van der Waals surface area contributed by atoms with Crippen LogP contribution in [0.3, 0.4) is 0 Å². The van der Waals surface area contributed by atoms with E-state index in [1.165, 1.54) is 0 Å². The predicted molar refractivity (Wildman–Crippen MR) is 52.5 cm³/mol. The molecule has 17 heavy (non-hydrogen) atoms. The minimum atomic E-state index is -0.917. The van der Waals surface area contributed by atoms with Crippen LogP contribution in [0.1, 0.15) is 21.0 Å². The molecule has 9 nitrogen and oxygen atoms in total. The summed E-state index contributed by atoms with van der Waals surface area (Å²) in [7, 11) is 0. The van der Waals surface area contributed by atoms with E-state index in [0.29, 0.717) is 0 Å². The molecule has 84 valence electrons.